The first-order chi connectivity index (χ1) is 5.81. The van der Waals surface area contributed by atoms with Crippen molar-refractivity contribution in [2.75, 3.05) is 13.2 Å². The first kappa shape index (κ1) is 11.7. The average molecular weight is 170 g/mol. The van der Waals surface area contributed by atoms with E-state index in [4.69, 9.17) is 4.74 Å². The molecule has 0 fully saturated rings. The summed E-state index contributed by atoms with van der Waals surface area (Å²) in [5.74, 6) is 0.639. The zero-order valence-electron chi connectivity index (χ0n) is 8.51. The zero-order valence-corrected chi connectivity index (χ0v) is 8.51. The second-order valence-electron chi connectivity index (χ2n) is 3.32. The highest BCUT2D eigenvalue weighted by Crippen LogP contribution is 2.05. The van der Waals surface area contributed by atoms with Gasteiger partial charge in [-0.15, -0.1) is 6.58 Å². The van der Waals surface area contributed by atoms with Gasteiger partial charge < -0.3 is 4.74 Å². The van der Waals surface area contributed by atoms with Crippen LogP contribution in [0.3, 0.4) is 0 Å². The van der Waals surface area contributed by atoms with Crippen molar-refractivity contribution < 1.29 is 4.74 Å². The van der Waals surface area contributed by atoms with Crippen molar-refractivity contribution in [3.8, 4) is 0 Å². The maximum Gasteiger partial charge on any atom is 0.0466 e. The highest BCUT2D eigenvalue weighted by Gasteiger charge is 1.95. The van der Waals surface area contributed by atoms with Gasteiger partial charge in [0.05, 0.1) is 0 Å². The van der Waals surface area contributed by atoms with Crippen LogP contribution in [-0.4, -0.2) is 13.2 Å². The lowest BCUT2D eigenvalue weighted by molar-refractivity contribution is 0.126. The number of rotatable bonds is 8. The Hall–Kier alpha value is -0.300. The Balaban J connectivity index is 2.95. The van der Waals surface area contributed by atoms with E-state index in [0.717, 1.165) is 19.6 Å². The fraction of sp³-hybridized carbons (Fsp3) is 0.818. The van der Waals surface area contributed by atoms with Crippen LogP contribution >= 0.6 is 0 Å². The zero-order chi connectivity index (χ0) is 9.23. The molecule has 0 aliphatic rings. The van der Waals surface area contributed by atoms with Crippen molar-refractivity contribution in [1.82, 2.24) is 0 Å². The number of hydrogen-bond donors (Lipinski definition) is 0. The van der Waals surface area contributed by atoms with Crippen molar-refractivity contribution in [2.45, 2.75) is 39.5 Å². The quantitative estimate of drug-likeness (QED) is 0.401. The van der Waals surface area contributed by atoms with E-state index in [1.807, 2.05) is 6.08 Å². The van der Waals surface area contributed by atoms with Crippen LogP contribution in [0, 0.1) is 5.92 Å². The van der Waals surface area contributed by atoms with E-state index in [1.165, 1.54) is 19.3 Å². The summed E-state index contributed by atoms with van der Waals surface area (Å²) in [7, 11) is 0. The summed E-state index contributed by atoms with van der Waals surface area (Å²) in [6.07, 6.45) is 6.79. The van der Waals surface area contributed by atoms with E-state index in [0.29, 0.717) is 5.92 Å². The van der Waals surface area contributed by atoms with Crippen molar-refractivity contribution in [3.63, 3.8) is 0 Å². The predicted molar refractivity (Wildman–Crippen MR) is 54.3 cm³/mol. The molecular formula is C11H22O. The molecule has 0 radical (unpaired) electrons. The van der Waals surface area contributed by atoms with E-state index >= 15 is 0 Å². The summed E-state index contributed by atoms with van der Waals surface area (Å²) in [6, 6.07) is 0. The minimum Gasteiger partial charge on any atom is -0.381 e. The number of allylic oxidation sites excluding steroid dienone is 1. The Kier molecular flexibility index (Phi) is 8.57. The summed E-state index contributed by atoms with van der Waals surface area (Å²) >= 11 is 0. The van der Waals surface area contributed by atoms with Crippen molar-refractivity contribution in [2.24, 2.45) is 5.92 Å². The summed E-state index contributed by atoms with van der Waals surface area (Å²) < 4.78 is 5.43. The molecule has 1 nitrogen and oxygen atoms in total. The van der Waals surface area contributed by atoms with Gasteiger partial charge in [-0.05, 0) is 25.2 Å². The molecule has 0 amide bonds. The third-order valence-electron chi connectivity index (χ3n) is 1.99. The number of hydrogen-bond acceptors (Lipinski definition) is 1. The molecule has 1 unspecified atom stereocenters. The monoisotopic (exact) mass is 170 g/mol. The van der Waals surface area contributed by atoms with Gasteiger partial charge in [-0.25, -0.2) is 0 Å². The van der Waals surface area contributed by atoms with E-state index in [2.05, 4.69) is 20.4 Å². The van der Waals surface area contributed by atoms with Crippen LogP contribution in [0.5, 0.6) is 0 Å². The van der Waals surface area contributed by atoms with Crippen LogP contribution < -0.4 is 0 Å². The van der Waals surface area contributed by atoms with Crippen LogP contribution in [0.4, 0.5) is 0 Å². The van der Waals surface area contributed by atoms with Gasteiger partial charge in [-0.3, -0.25) is 0 Å². The lowest BCUT2D eigenvalue weighted by Crippen LogP contribution is -1.98. The molecule has 0 aliphatic heterocycles. The largest absolute Gasteiger partial charge is 0.381 e. The minimum absolute atomic E-state index is 0.639. The molecule has 0 saturated carbocycles. The van der Waals surface area contributed by atoms with E-state index in [-0.39, 0.29) is 0 Å². The van der Waals surface area contributed by atoms with Crippen molar-refractivity contribution in [3.05, 3.63) is 12.7 Å². The minimum atomic E-state index is 0.639. The molecule has 0 aromatic heterocycles. The number of unbranched alkanes of at least 4 members (excludes halogenated alkanes) is 1. The van der Waals surface area contributed by atoms with Gasteiger partial charge in [-0.1, -0.05) is 26.3 Å². The molecule has 0 rings (SSSR count). The Bertz CT molecular complexity index is 99.2. The fourth-order valence-corrected chi connectivity index (χ4v) is 0.974. The molecule has 1 atom stereocenters. The van der Waals surface area contributed by atoms with E-state index < -0.39 is 0 Å². The van der Waals surface area contributed by atoms with Gasteiger partial charge in [0.2, 0.25) is 0 Å². The molecule has 0 bridgehead atoms. The summed E-state index contributed by atoms with van der Waals surface area (Å²) in [5, 5.41) is 0. The molecule has 0 N–H and O–H groups in total. The molecule has 0 heterocycles. The summed E-state index contributed by atoms with van der Waals surface area (Å²) in [6.45, 7) is 9.97. The molecule has 72 valence electrons. The van der Waals surface area contributed by atoms with E-state index in [9.17, 15) is 0 Å². The Morgan fingerprint density at radius 1 is 1.33 bits per heavy atom. The highest BCUT2D eigenvalue weighted by molar-refractivity contribution is 4.74. The third kappa shape index (κ3) is 7.80. The average Bonchev–Trinajstić information content (AvgIpc) is 2.10. The van der Waals surface area contributed by atoms with Gasteiger partial charge in [-0.2, -0.15) is 0 Å². The molecule has 0 aromatic rings. The third-order valence-corrected chi connectivity index (χ3v) is 1.99. The Morgan fingerprint density at radius 3 is 2.58 bits per heavy atom. The van der Waals surface area contributed by atoms with Crippen LogP contribution in [0.2, 0.25) is 0 Å². The van der Waals surface area contributed by atoms with Crippen LogP contribution in [0.15, 0.2) is 12.7 Å². The molecule has 12 heavy (non-hydrogen) atoms. The van der Waals surface area contributed by atoms with Crippen molar-refractivity contribution in [1.29, 1.82) is 0 Å². The van der Waals surface area contributed by atoms with Crippen LogP contribution in [-0.2, 0) is 4.74 Å². The SMILES string of the molecule is C=CC(C)CCCOCCCC. The van der Waals surface area contributed by atoms with Crippen LogP contribution in [0.25, 0.3) is 0 Å². The summed E-state index contributed by atoms with van der Waals surface area (Å²) in [4.78, 5) is 0. The fourth-order valence-electron chi connectivity index (χ4n) is 0.974. The lowest BCUT2D eigenvalue weighted by Gasteiger charge is -2.05. The topological polar surface area (TPSA) is 9.23 Å². The lowest BCUT2D eigenvalue weighted by atomic mass is 10.1. The Morgan fingerprint density at radius 2 is 2.00 bits per heavy atom. The van der Waals surface area contributed by atoms with Crippen molar-refractivity contribution >= 4 is 0 Å². The summed E-state index contributed by atoms with van der Waals surface area (Å²) in [5.41, 5.74) is 0. The predicted octanol–water partition coefficient (Wildman–Crippen LogP) is 3.41. The van der Waals surface area contributed by atoms with Gasteiger partial charge in [0.1, 0.15) is 0 Å². The van der Waals surface area contributed by atoms with E-state index in [1.54, 1.807) is 0 Å². The molecule has 1 heteroatoms. The van der Waals surface area contributed by atoms with Gasteiger partial charge in [0, 0.05) is 13.2 Å². The number of ether oxygens (including phenoxy) is 1. The molecule has 0 aromatic carbocycles. The first-order valence-corrected chi connectivity index (χ1v) is 5.01. The van der Waals surface area contributed by atoms with Gasteiger partial charge >= 0.3 is 0 Å². The van der Waals surface area contributed by atoms with Gasteiger partial charge in [0.15, 0.2) is 0 Å². The molecule has 0 aliphatic carbocycles. The maximum atomic E-state index is 5.43. The smallest absolute Gasteiger partial charge is 0.0466 e. The Labute approximate surface area is 76.8 Å². The molecule has 0 spiro atoms. The maximum absolute atomic E-state index is 5.43. The standard InChI is InChI=1S/C11H22O/c1-4-6-9-12-10-7-8-11(3)5-2/h5,11H,2,4,6-10H2,1,3H3. The first-order valence-electron chi connectivity index (χ1n) is 5.01. The molecular weight excluding hydrogens is 148 g/mol. The second-order valence-corrected chi connectivity index (χ2v) is 3.32. The second kappa shape index (κ2) is 8.79. The molecule has 0 saturated heterocycles. The van der Waals surface area contributed by atoms with Gasteiger partial charge in [0.25, 0.3) is 0 Å². The van der Waals surface area contributed by atoms with Crippen LogP contribution in [0.1, 0.15) is 39.5 Å². The highest BCUT2D eigenvalue weighted by atomic mass is 16.5. The normalized spacial score (nSPS) is 12.8.